The van der Waals surface area contributed by atoms with Crippen molar-refractivity contribution in [2.24, 2.45) is 0 Å². The van der Waals surface area contributed by atoms with E-state index in [4.69, 9.17) is 0 Å². The average Bonchev–Trinajstić information content (AvgIpc) is 3.63. The summed E-state index contributed by atoms with van der Waals surface area (Å²) in [6.45, 7) is 4.58. The Morgan fingerprint density at radius 1 is 0.393 bits per heavy atom. The zero-order valence-electron chi connectivity index (χ0n) is 35.3. The van der Waals surface area contributed by atoms with Crippen LogP contribution in [0.3, 0.4) is 0 Å². The van der Waals surface area contributed by atoms with Crippen LogP contribution in [0.5, 0.6) is 0 Å². The molecule has 0 fully saturated rings. The number of rotatable bonds is 7. The molecule has 9 rings (SSSR count). The van der Waals surface area contributed by atoms with Gasteiger partial charge in [0, 0.05) is 0 Å². The highest BCUT2D eigenvalue weighted by molar-refractivity contribution is 6.95. The first-order valence-corrected chi connectivity index (χ1v) is 21.7. The molecular formula is C60H51B. The molecule has 0 bridgehead atoms. The summed E-state index contributed by atoms with van der Waals surface area (Å²) >= 11 is 0. The third-order valence-electron chi connectivity index (χ3n) is 12.5. The van der Waals surface area contributed by atoms with Crippen molar-refractivity contribution in [2.45, 2.75) is 39.5 Å². The van der Waals surface area contributed by atoms with Crippen LogP contribution >= 0.6 is 0 Å². The fraction of sp³-hybridized carbons (Fsp3) is 0.100. The highest BCUT2D eigenvalue weighted by atomic mass is 14.2. The smallest absolute Gasteiger partial charge is 0.0804 e. The number of hydrogen-bond acceptors (Lipinski definition) is 0. The molecule has 61 heavy (non-hydrogen) atoms. The summed E-state index contributed by atoms with van der Waals surface area (Å²) in [6.07, 6.45) is 39.6. The molecule has 5 aromatic carbocycles. The van der Waals surface area contributed by atoms with E-state index >= 15 is 0 Å². The molecule has 0 aromatic heterocycles. The van der Waals surface area contributed by atoms with Crippen molar-refractivity contribution >= 4 is 34.2 Å². The molecule has 5 aromatic rings. The average molecular weight is 783 g/mol. The Bertz CT molecular complexity index is 2780. The van der Waals surface area contributed by atoms with Crippen molar-refractivity contribution in [3.63, 3.8) is 0 Å². The summed E-state index contributed by atoms with van der Waals surface area (Å²) in [6, 6.07) is 47.4. The van der Waals surface area contributed by atoms with Gasteiger partial charge in [-0.15, -0.1) is 0 Å². The maximum Gasteiger partial charge on any atom is 0.241 e. The first-order valence-electron chi connectivity index (χ1n) is 21.7. The predicted octanol–water partition coefficient (Wildman–Crippen LogP) is 13.7. The first-order chi connectivity index (χ1) is 30.1. The third-order valence-corrected chi connectivity index (χ3v) is 12.5. The van der Waals surface area contributed by atoms with Crippen molar-refractivity contribution in [3.05, 3.63) is 269 Å². The second kappa shape index (κ2) is 18.5. The van der Waals surface area contributed by atoms with Crippen LogP contribution in [0.4, 0.5) is 0 Å². The molecule has 294 valence electrons. The quantitative estimate of drug-likeness (QED) is 0.144. The molecule has 0 amide bonds. The summed E-state index contributed by atoms with van der Waals surface area (Å²) in [5, 5.41) is 0. The minimum atomic E-state index is 0.0657. The van der Waals surface area contributed by atoms with E-state index in [0.29, 0.717) is 0 Å². The zero-order chi connectivity index (χ0) is 41.4. The van der Waals surface area contributed by atoms with E-state index in [0.717, 1.165) is 25.7 Å². The summed E-state index contributed by atoms with van der Waals surface area (Å²) in [5.41, 5.74) is 22.1. The van der Waals surface area contributed by atoms with E-state index in [2.05, 4.69) is 238 Å². The molecule has 0 N–H and O–H groups in total. The normalized spacial score (nSPS) is 20.8. The van der Waals surface area contributed by atoms with Crippen LogP contribution < -0.4 is 16.4 Å². The maximum atomic E-state index is 2.40. The Labute approximate surface area is 363 Å². The molecule has 4 aliphatic carbocycles. The van der Waals surface area contributed by atoms with Crippen LogP contribution in [0.1, 0.15) is 50.7 Å². The minimum absolute atomic E-state index is 0.0657. The van der Waals surface area contributed by atoms with E-state index in [-0.39, 0.29) is 6.71 Å². The predicted molar refractivity (Wildman–Crippen MR) is 266 cm³/mol. The third kappa shape index (κ3) is 9.13. The second-order valence-electron chi connectivity index (χ2n) is 16.5. The van der Waals surface area contributed by atoms with Gasteiger partial charge in [0.2, 0.25) is 6.71 Å². The summed E-state index contributed by atoms with van der Waals surface area (Å²) in [4.78, 5) is 0. The Morgan fingerprint density at radius 3 is 1.57 bits per heavy atom. The van der Waals surface area contributed by atoms with Gasteiger partial charge in [0.15, 0.2) is 0 Å². The van der Waals surface area contributed by atoms with Gasteiger partial charge in [0.05, 0.1) is 0 Å². The standard InChI is InChI=1S/C60H51B/c1-44-15-14-22-48(29-30-53-20-9-5-11-23-59(44)53)51-31-37-56(38-32-51)61(57-39-33-52(34-40-57)50-27-25-49(26-28-50)46-16-6-3-7-17-46)58-41-35-54(36-42-58)60-24-13-12-19-47-18-8-4-10-21-55(47)43-45(60)2/h3-17,19,21-29,31-42H,18,20,30,43H2,1-2H3/b19-12+,22-14-,24-13-,44-15+,48-29-,60-45-. The fourth-order valence-corrected chi connectivity index (χ4v) is 9.05. The lowest BCUT2D eigenvalue weighted by molar-refractivity contribution is 1.08. The van der Waals surface area contributed by atoms with Gasteiger partial charge >= 0.3 is 0 Å². The van der Waals surface area contributed by atoms with Crippen molar-refractivity contribution in [1.29, 1.82) is 0 Å². The lowest BCUT2D eigenvalue weighted by Gasteiger charge is -2.18. The van der Waals surface area contributed by atoms with Crippen LogP contribution in [-0.2, 0) is 0 Å². The fourth-order valence-electron chi connectivity index (χ4n) is 9.05. The molecule has 0 atom stereocenters. The Kier molecular flexibility index (Phi) is 12.0. The van der Waals surface area contributed by atoms with Gasteiger partial charge in [-0.3, -0.25) is 0 Å². The van der Waals surface area contributed by atoms with Crippen LogP contribution in [0.15, 0.2) is 258 Å². The Hall–Kier alpha value is -6.96. The Balaban J connectivity index is 1.05. The topological polar surface area (TPSA) is 0 Å². The first kappa shape index (κ1) is 39.5. The second-order valence-corrected chi connectivity index (χ2v) is 16.5. The molecular weight excluding hydrogens is 731 g/mol. The van der Waals surface area contributed by atoms with Gasteiger partial charge < -0.3 is 0 Å². The SMILES string of the molecule is C\C1=C(c2ccc(B(c3ccc(C4=C\CC5=C(C=CC=CC5)/C(C)=C/C=C\4)cc3)c3ccc(-c4ccc(-c5ccccc5)cc4)cc3)cc2)/C=C\C=C\C2=C(C=CC=CC2)C1. The van der Waals surface area contributed by atoms with Crippen molar-refractivity contribution in [2.75, 3.05) is 0 Å². The molecule has 0 radical (unpaired) electrons. The van der Waals surface area contributed by atoms with E-state index in [1.165, 1.54) is 94.4 Å². The monoisotopic (exact) mass is 782 g/mol. The lowest BCUT2D eigenvalue weighted by Crippen LogP contribution is -2.51. The Morgan fingerprint density at radius 2 is 0.902 bits per heavy atom. The molecule has 4 aliphatic rings. The van der Waals surface area contributed by atoms with Gasteiger partial charge in [0.1, 0.15) is 0 Å². The van der Waals surface area contributed by atoms with Crippen molar-refractivity contribution in [1.82, 2.24) is 0 Å². The van der Waals surface area contributed by atoms with Crippen LogP contribution in [0.25, 0.3) is 33.4 Å². The van der Waals surface area contributed by atoms with Crippen LogP contribution in [-0.4, -0.2) is 6.71 Å². The molecule has 1 heteroatoms. The largest absolute Gasteiger partial charge is 0.241 e. The summed E-state index contributed by atoms with van der Waals surface area (Å²) in [5.74, 6) is 0. The maximum absolute atomic E-state index is 2.40. The molecule has 0 spiro atoms. The van der Waals surface area contributed by atoms with Crippen LogP contribution in [0.2, 0.25) is 0 Å². The van der Waals surface area contributed by atoms with Crippen molar-refractivity contribution in [3.8, 4) is 22.3 Å². The van der Waals surface area contributed by atoms with Crippen LogP contribution in [0, 0.1) is 0 Å². The zero-order valence-corrected chi connectivity index (χ0v) is 35.3. The molecule has 0 heterocycles. The van der Waals surface area contributed by atoms with Gasteiger partial charge in [-0.1, -0.05) is 252 Å². The number of hydrogen-bond donors (Lipinski definition) is 0. The van der Waals surface area contributed by atoms with Gasteiger partial charge in [-0.05, 0) is 106 Å². The number of allylic oxidation sites excluding steroid dienone is 24. The summed E-state index contributed by atoms with van der Waals surface area (Å²) < 4.78 is 0. The molecule has 0 nitrogen and oxygen atoms in total. The van der Waals surface area contributed by atoms with Crippen molar-refractivity contribution < 1.29 is 0 Å². The highest BCUT2D eigenvalue weighted by Gasteiger charge is 2.23. The lowest BCUT2D eigenvalue weighted by atomic mass is 9.37. The molecule has 0 aliphatic heterocycles. The highest BCUT2D eigenvalue weighted by Crippen LogP contribution is 2.31. The summed E-state index contributed by atoms with van der Waals surface area (Å²) in [7, 11) is 0. The van der Waals surface area contributed by atoms with E-state index < -0.39 is 0 Å². The number of benzene rings is 5. The molecule has 0 unspecified atom stereocenters. The van der Waals surface area contributed by atoms with Gasteiger partial charge in [-0.2, -0.15) is 0 Å². The van der Waals surface area contributed by atoms with E-state index in [9.17, 15) is 0 Å². The molecule has 0 saturated carbocycles. The minimum Gasteiger partial charge on any atom is -0.0804 e. The van der Waals surface area contributed by atoms with Gasteiger partial charge in [0.25, 0.3) is 0 Å². The van der Waals surface area contributed by atoms with E-state index in [1.54, 1.807) is 0 Å². The van der Waals surface area contributed by atoms with Gasteiger partial charge in [-0.25, -0.2) is 0 Å². The van der Waals surface area contributed by atoms with E-state index in [1.807, 2.05) is 0 Å². The molecule has 0 saturated heterocycles.